The normalized spacial score (nSPS) is 10.7. The van der Waals surface area contributed by atoms with E-state index in [1.165, 1.54) is 36.4 Å². The largest absolute Gasteiger partial charge is 0.479 e. The van der Waals surface area contributed by atoms with Crippen LogP contribution in [0.3, 0.4) is 0 Å². The molecule has 2 rings (SSSR count). The Balaban J connectivity index is 2.15. The van der Waals surface area contributed by atoms with Crippen molar-refractivity contribution in [2.45, 2.75) is 6.18 Å². The van der Waals surface area contributed by atoms with E-state index in [0.29, 0.717) is 11.4 Å². The Morgan fingerprint density at radius 1 is 1.13 bits per heavy atom. The second kappa shape index (κ2) is 6.83. The highest BCUT2D eigenvalue weighted by Gasteiger charge is 2.34. The fourth-order valence-electron chi connectivity index (χ4n) is 1.88. The van der Waals surface area contributed by atoms with Gasteiger partial charge >= 0.3 is 6.18 Å². The predicted molar refractivity (Wildman–Crippen MR) is 76.9 cm³/mol. The summed E-state index contributed by atoms with van der Waals surface area (Å²) in [5, 5.41) is 10.8. The van der Waals surface area contributed by atoms with Gasteiger partial charge in [-0.3, -0.25) is 4.79 Å². The summed E-state index contributed by atoms with van der Waals surface area (Å²) in [6.07, 6.45) is -4.61. The van der Waals surface area contributed by atoms with E-state index in [2.05, 4.69) is 5.32 Å². The molecule has 4 nitrogen and oxygen atoms in total. The molecule has 0 atom stereocenters. The lowest BCUT2D eigenvalue weighted by atomic mass is 10.1. The molecule has 0 aliphatic heterocycles. The van der Waals surface area contributed by atoms with Gasteiger partial charge in [0.1, 0.15) is 11.8 Å². The van der Waals surface area contributed by atoms with Crippen molar-refractivity contribution in [2.75, 3.05) is 11.9 Å². The quantitative estimate of drug-likeness (QED) is 0.930. The smallest absolute Gasteiger partial charge is 0.417 e. The Hall–Kier alpha value is -3.01. The van der Waals surface area contributed by atoms with Crippen LogP contribution in [0.15, 0.2) is 48.5 Å². The molecule has 0 aliphatic rings. The third-order valence-corrected chi connectivity index (χ3v) is 2.89. The molecule has 0 heterocycles. The predicted octanol–water partition coefficient (Wildman–Crippen LogP) is 3.86. The van der Waals surface area contributed by atoms with E-state index in [1.54, 1.807) is 6.07 Å². The van der Waals surface area contributed by atoms with Crippen LogP contribution in [0, 0.1) is 11.3 Å². The van der Waals surface area contributed by atoms with Crippen LogP contribution in [0.4, 0.5) is 18.9 Å². The number of carbonyl (C=O) groups is 1. The number of nitrogens with one attached hydrogen (secondary N) is 1. The summed E-state index contributed by atoms with van der Waals surface area (Å²) in [5.74, 6) is -0.441. The van der Waals surface area contributed by atoms with E-state index in [0.717, 1.165) is 12.1 Å². The molecule has 118 valence electrons. The first-order valence-electron chi connectivity index (χ1n) is 6.49. The van der Waals surface area contributed by atoms with E-state index in [-0.39, 0.29) is 6.61 Å². The first-order chi connectivity index (χ1) is 10.9. The molecule has 2 aromatic carbocycles. The van der Waals surface area contributed by atoms with Gasteiger partial charge in [0.2, 0.25) is 0 Å². The number of hydrogen-bond donors (Lipinski definition) is 1. The minimum Gasteiger partial charge on any atom is -0.479 e. The van der Waals surface area contributed by atoms with Gasteiger partial charge in [0.25, 0.3) is 5.91 Å². The number of alkyl halides is 3. The number of hydrogen-bond acceptors (Lipinski definition) is 3. The Bertz CT molecular complexity index is 734. The lowest BCUT2D eigenvalue weighted by Crippen LogP contribution is -2.18. The maximum absolute atomic E-state index is 12.9. The van der Waals surface area contributed by atoms with Crippen molar-refractivity contribution in [3.63, 3.8) is 0 Å². The molecule has 7 heteroatoms. The van der Waals surface area contributed by atoms with Crippen LogP contribution in [0.2, 0.25) is 0 Å². The van der Waals surface area contributed by atoms with E-state index in [9.17, 15) is 18.0 Å². The first-order valence-corrected chi connectivity index (χ1v) is 6.49. The Morgan fingerprint density at radius 3 is 2.39 bits per heavy atom. The molecule has 0 bridgehead atoms. The van der Waals surface area contributed by atoms with Crippen LogP contribution in [-0.4, -0.2) is 12.5 Å². The number of carbonyl (C=O) groups excluding carboxylic acids is 1. The van der Waals surface area contributed by atoms with Crippen LogP contribution in [-0.2, 0) is 6.18 Å². The fraction of sp³-hybridized carbons (Fsp3) is 0.125. The van der Waals surface area contributed by atoms with Gasteiger partial charge in [-0.15, -0.1) is 0 Å². The lowest BCUT2D eigenvalue weighted by molar-refractivity contribution is -0.137. The molecule has 0 aliphatic carbocycles. The van der Waals surface area contributed by atoms with Gasteiger partial charge in [-0.05, 0) is 36.4 Å². The summed E-state index contributed by atoms with van der Waals surface area (Å²) in [4.78, 5) is 12.1. The van der Waals surface area contributed by atoms with Crippen molar-refractivity contribution in [3.8, 4) is 11.8 Å². The molecule has 1 amide bonds. The number of ether oxygens (including phenoxy) is 1. The maximum Gasteiger partial charge on any atom is 0.417 e. The number of anilines is 1. The van der Waals surface area contributed by atoms with E-state index in [1.807, 2.05) is 0 Å². The van der Waals surface area contributed by atoms with Crippen molar-refractivity contribution in [1.29, 1.82) is 5.26 Å². The summed E-state index contributed by atoms with van der Waals surface area (Å²) in [7, 11) is 0. The summed E-state index contributed by atoms with van der Waals surface area (Å²) >= 11 is 0. The van der Waals surface area contributed by atoms with E-state index < -0.39 is 23.2 Å². The van der Waals surface area contributed by atoms with Gasteiger partial charge < -0.3 is 10.1 Å². The minimum atomic E-state index is -4.61. The third kappa shape index (κ3) is 4.23. The number of nitriles is 1. The van der Waals surface area contributed by atoms with Crippen LogP contribution >= 0.6 is 0 Å². The molecule has 0 fully saturated rings. The minimum absolute atomic E-state index is 0.120. The first kappa shape index (κ1) is 16.4. The van der Waals surface area contributed by atoms with E-state index in [4.69, 9.17) is 10.00 Å². The average Bonchev–Trinajstić information content (AvgIpc) is 2.53. The number of amides is 1. The second-order valence-corrected chi connectivity index (χ2v) is 4.47. The summed E-state index contributed by atoms with van der Waals surface area (Å²) in [6.45, 7) is -0.120. The number of halogens is 3. The average molecular weight is 320 g/mol. The molecule has 0 radical (unpaired) electrons. The topological polar surface area (TPSA) is 62.1 Å². The molecule has 0 spiro atoms. The van der Waals surface area contributed by atoms with Crippen LogP contribution in [0.5, 0.6) is 5.75 Å². The molecule has 0 aromatic heterocycles. The zero-order chi connectivity index (χ0) is 16.9. The van der Waals surface area contributed by atoms with Gasteiger partial charge in [-0.25, -0.2) is 0 Å². The second-order valence-electron chi connectivity index (χ2n) is 4.47. The Morgan fingerprint density at radius 2 is 1.78 bits per heavy atom. The van der Waals surface area contributed by atoms with Gasteiger partial charge in [-0.2, -0.15) is 18.4 Å². The highest BCUT2D eigenvalue weighted by Crippen LogP contribution is 2.32. The summed E-state index contributed by atoms with van der Waals surface area (Å²) in [5.41, 5.74) is -1.13. The van der Waals surface area contributed by atoms with Crippen molar-refractivity contribution < 1.29 is 22.7 Å². The molecule has 23 heavy (non-hydrogen) atoms. The zero-order valence-corrected chi connectivity index (χ0v) is 11.7. The highest BCUT2D eigenvalue weighted by molar-refractivity contribution is 6.05. The van der Waals surface area contributed by atoms with Gasteiger partial charge in [0, 0.05) is 5.69 Å². The Labute approximate surface area is 130 Å². The van der Waals surface area contributed by atoms with Gasteiger partial charge in [0.15, 0.2) is 6.61 Å². The maximum atomic E-state index is 12.9. The summed E-state index contributed by atoms with van der Waals surface area (Å²) in [6, 6.07) is 12.3. The number of rotatable bonds is 4. The molecular weight excluding hydrogens is 309 g/mol. The third-order valence-electron chi connectivity index (χ3n) is 2.89. The van der Waals surface area contributed by atoms with Crippen LogP contribution < -0.4 is 10.1 Å². The van der Waals surface area contributed by atoms with Crippen molar-refractivity contribution >= 4 is 11.6 Å². The monoisotopic (exact) mass is 320 g/mol. The molecule has 0 unspecified atom stereocenters. The molecule has 1 N–H and O–H groups in total. The van der Waals surface area contributed by atoms with Crippen molar-refractivity contribution in [2.24, 2.45) is 0 Å². The van der Waals surface area contributed by atoms with Crippen LogP contribution in [0.25, 0.3) is 0 Å². The zero-order valence-electron chi connectivity index (χ0n) is 11.7. The standard InChI is InChI=1S/C16H11F3N2O2/c17-16(18,19)14-4-2-1-3-13(14)15(22)21-11-5-7-12(8-6-11)23-10-9-20/h1-8H,10H2,(H,21,22). The van der Waals surface area contributed by atoms with E-state index >= 15 is 0 Å². The SMILES string of the molecule is N#CCOc1ccc(NC(=O)c2ccccc2C(F)(F)F)cc1. The lowest BCUT2D eigenvalue weighted by Gasteiger charge is -2.12. The van der Waals surface area contributed by atoms with Gasteiger partial charge in [-0.1, -0.05) is 12.1 Å². The summed E-state index contributed by atoms with van der Waals surface area (Å²) < 4.78 is 43.7. The Kier molecular flexibility index (Phi) is 4.86. The molecule has 0 saturated carbocycles. The van der Waals surface area contributed by atoms with Gasteiger partial charge in [0.05, 0.1) is 11.1 Å². The number of nitrogens with zero attached hydrogens (tertiary/aromatic N) is 1. The molecule has 0 saturated heterocycles. The molecule has 2 aromatic rings. The van der Waals surface area contributed by atoms with Crippen molar-refractivity contribution in [3.05, 3.63) is 59.7 Å². The van der Waals surface area contributed by atoms with Crippen molar-refractivity contribution in [1.82, 2.24) is 0 Å². The van der Waals surface area contributed by atoms with Crippen LogP contribution in [0.1, 0.15) is 15.9 Å². The highest BCUT2D eigenvalue weighted by atomic mass is 19.4. The number of benzene rings is 2. The fourth-order valence-corrected chi connectivity index (χ4v) is 1.88. The molecular formula is C16H11F3N2O2.